The molecule has 0 fully saturated rings. The monoisotopic (exact) mass is 486 g/mol. The summed E-state index contributed by atoms with van der Waals surface area (Å²) >= 11 is 0. The Kier molecular flexibility index (Phi) is 18.3. The first-order valence-corrected chi connectivity index (χ1v) is 10.8. The maximum absolute atomic E-state index is 3.72. The molecule has 0 aliphatic heterocycles. The number of hydrogen-bond acceptors (Lipinski definition) is 0. The molecule has 0 radical (unpaired) electrons. The molecule has 160 valence electrons. The van der Waals surface area contributed by atoms with Gasteiger partial charge < -0.3 is 0 Å². The van der Waals surface area contributed by atoms with Gasteiger partial charge in [-0.15, -0.1) is 24.3 Å². The van der Waals surface area contributed by atoms with Crippen LogP contribution in [0.3, 0.4) is 0 Å². The van der Waals surface area contributed by atoms with Gasteiger partial charge in [0.2, 0.25) is 0 Å². The molecule has 0 atom stereocenters. The van der Waals surface area contributed by atoms with Crippen LogP contribution in [0, 0.1) is 13.8 Å². The molecule has 0 saturated heterocycles. The zero-order valence-electron chi connectivity index (χ0n) is 19.1. The summed E-state index contributed by atoms with van der Waals surface area (Å²) in [5.41, 5.74) is 5.07. The summed E-state index contributed by atoms with van der Waals surface area (Å²) in [4.78, 5) is 0. The van der Waals surface area contributed by atoms with Crippen molar-refractivity contribution >= 4 is 0 Å². The van der Waals surface area contributed by atoms with Crippen LogP contribution in [0.25, 0.3) is 0 Å². The largest absolute Gasteiger partial charge is 4.00 e. The normalized spacial score (nSPS) is 8.84. The fourth-order valence-corrected chi connectivity index (χ4v) is 2.69. The predicted molar refractivity (Wildman–Crippen MR) is 134 cm³/mol. The topological polar surface area (TPSA) is 0 Å². The first-order chi connectivity index (χ1) is 14.7. The van der Waals surface area contributed by atoms with Crippen molar-refractivity contribution in [3.63, 3.8) is 0 Å². The van der Waals surface area contributed by atoms with Gasteiger partial charge >= 0.3 is 26.2 Å². The molecule has 4 rings (SSSR count). The van der Waals surface area contributed by atoms with Crippen molar-refractivity contribution in [2.24, 2.45) is 0 Å². The quantitative estimate of drug-likeness (QED) is 0.253. The summed E-state index contributed by atoms with van der Waals surface area (Å²) < 4.78 is 0. The first kappa shape index (κ1) is 28.8. The van der Waals surface area contributed by atoms with Gasteiger partial charge in [-0.2, -0.15) is 84.6 Å². The van der Waals surface area contributed by atoms with E-state index in [1.165, 1.54) is 36.8 Å². The van der Waals surface area contributed by atoms with E-state index >= 15 is 0 Å². The van der Waals surface area contributed by atoms with Gasteiger partial charge in [-0.25, -0.2) is 24.3 Å². The van der Waals surface area contributed by atoms with Crippen LogP contribution in [0.1, 0.15) is 48.9 Å². The van der Waals surface area contributed by atoms with E-state index in [-0.39, 0.29) is 26.2 Å². The van der Waals surface area contributed by atoms with Crippen molar-refractivity contribution in [2.45, 2.75) is 39.5 Å². The van der Waals surface area contributed by atoms with Gasteiger partial charge in [0.1, 0.15) is 0 Å². The molecule has 0 heterocycles. The molecule has 1 heteroatoms. The van der Waals surface area contributed by atoms with Crippen LogP contribution < -0.4 is 0 Å². The van der Waals surface area contributed by atoms with Crippen molar-refractivity contribution < 1.29 is 26.2 Å². The fraction of sp³-hybridized carbons (Fsp3) is 0.200. The molecule has 0 unspecified atom stereocenters. The minimum absolute atomic E-state index is 0. The Morgan fingerprint density at radius 3 is 1.00 bits per heavy atom. The number of benzene rings is 2. The van der Waals surface area contributed by atoms with Crippen LogP contribution in [-0.2, 0) is 39.0 Å². The molecular weight excluding hydrogens is 452 g/mol. The predicted octanol–water partition coefficient (Wildman–Crippen LogP) is 8.45. The smallest absolute Gasteiger partial charge is 0.213 e. The Balaban J connectivity index is 0.000000384. The van der Waals surface area contributed by atoms with Gasteiger partial charge in [0.15, 0.2) is 0 Å². The summed E-state index contributed by atoms with van der Waals surface area (Å²) in [6, 6.07) is 36.8. The maximum atomic E-state index is 3.72. The van der Waals surface area contributed by atoms with E-state index in [0.717, 1.165) is 11.1 Å². The Labute approximate surface area is 210 Å². The van der Waals surface area contributed by atoms with Crippen molar-refractivity contribution in [1.29, 1.82) is 0 Å². The molecule has 4 aromatic carbocycles. The summed E-state index contributed by atoms with van der Waals surface area (Å²) in [6.45, 7) is 11.8. The first-order valence-electron chi connectivity index (χ1n) is 10.8. The summed E-state index contributed by atoms with van der Waals surface area (Å²) in [5.74, 6) is 0. The third-order valence-electron chi connectivity index (χ3n) is 4.23. The third-order valence-corrected chi connectivity index (χ3v) is 4.23. The molecule has 0 aliphatic rings. The molecule has 0 aromatic heterocycles. The third kappa shape index (κ3) is 16.2. The molecule has 0 nitrogen and oxygen atoms in total. The second kappa shape index (κ2) is 19.7. The molecule has 0 saturated carbocycles. The van der Waals surface area contributed by atoms with E-state index < -0.39 is 0 Å². The van der Waals surface area contributed by atoms with Gasteiger partial charge in [-0.3, -0.25) is 0 Å². The van der Waals surface area contributed by atoms with E-state index in [9.17, 15) is 0 Å². The average Bonchev–Trinajstić information content (AvgIpc) is 3.46. The Morgan fingerprint density at radius 1 is 0.516 bits per heavy atom. The van der Waals surface area contributed by atoms with Crippen LogP contribution in [-0.4, -0.2) is 0 Å². The van der Waals surface area contributed by atoms with E-state index in [0.29, 0.717) is 0 Å². The Morgan fingerprint density at radius 2 is 0.806 bits per heavy atom. The van der Waals surface area contributed by atoms with Crippen LogP contribution in [0.2, 0.25) is 0 Å². The summed E-state index contributed by atoms with van der Waals surface area (Å²) in [6.07, 6.45) is 4.97. The summed E-state index contributed by atoms with van der Waals surface area (Å²) in [7, 11) is 0. The average molecular weight is 488 g/mol. The van der Waals surface area contributed by atoms with Crippen LogP contribution in [0.4, 0.5) is 0 Å². The minimum atomic E-state index is 0. The SMILES string of the molecule is CCC[c-]1cccc1.CCC[c-]1cccc1.[CH2-]c1ccccc1.[CH2-]c1ccccc1.[Zr+4]. The van der Waals surface area contributed by atoms with E-state index in [4.69, 9.17) is 0 Å². The van der Waals surface area contributed by atoms with Crippen molar-refractivity contribution in [3.8, 4) is 0 Å². The molecule has 0 spiro atoms. The van der Waals surface area contributed by atoms with Gasteiger partial charge in [0.05, 0.1) is 0 Å². The number of hydrogen-bond donors (Lipinski definition) is 0. The van der Waals surface area contributed by atoms with E-state index in [2.05, 4.69) is 76.2 Å². The molecule has 0 amide bonds. The van der Waals surface area contributed by atoms with E-state index in [1.807, 2.05) is 60.7 Å². The maximum Gasteiger partial charge on any atom is 4.00 e. The molecule has 31 heavy (non-hydrogen) atoms. The van der Waals surface area contributed by atoms with Crippen LogP contribution in [0.5, 0.6) is 0 Å². The van der Waals surface area contributed by atoms with Gasteiger partial charge in [-0.05, 0) is 0 Å². The van der Waals surface area contributed by atoms with Gasteiger partial charge in [-0.1, -0.05) is 51.7 Å². The zero-order chi connectivity index (χ0) is 21.9. The minimum Gasteiger partial charge on any atom is -0.213 e. The standard InChI is InChI=1S/2C8H11.2C7H7.Zr/c2*1-2-5-8-6-3-4-7-8;2*1-7-5-3-2-4-6-7;/h2*3-4,6-7H,2,5H2,1H3;2*2-6H,1H2;/q4*-1;+4. The molecule has 0 aliphatic carbocycles. The Hall–Kier alpha value is -2.24. The zero-order valence-corrected chi connectivity index (χ0v) is 21.6. The van der Waals surface area contributed by atoms with Crippen LogP contribution >= 0.6 is 0 Å². The summed E-state index contributed by atoms with van der Waals surface area (Å²) in [5, 5.41) is 0. The van der Waals surface area contributed by atoms with Crippen LogP contribution in [0.15, 0.2) is 109 Å². The van der Waals surface area contributed by atoms with Gasteiger partial charge in [0.25, 0.3) is 0 Å². The van der Waals surface area contributed by atoms with E-state index in [1.54, 1.807) is 0 Å². The van der Waals surface area contributed by atoms with Gasteiger partial charge in [0, 0.05) is 0 Å². The van der Waals surface area contributed by atoms with Crippen molar-refractivity contribution in [3.05, 3.63) is 145 Å². The Bertz CT molecular complexity index is 739. The second-order valence-corrected chi connectivity index (χ2v) is 7.06. The molecule has 0 bridgehead atoms. The van der Waals surface area contributed by atoms with Crippen molar-refractivity contribution in [2.75, 3.05) is 0 Å². The fourth-order valence-electron chi connectivity index (χ4n) is 2.69. The number of aryl methyl sites for hydroxylation is 2. The molecular formula is C30H36Zr. The molecule has 4 aromatic rings. The van der Waals surface area contributed by atoms with Crippen molar-refractivity contribution in [1.82, 2.24) is 0 Å². The number of rotatable bonds is 4. The molecule has 0 N–H and O–H groups in total. The second-order valence-electron chi connectivity index (χ2n) is 7.06.